The Morgan fingerprint density at radius 1 is 1.14 bits per heavy atom. The molecular weight excluding hydrogens is 354 g/mol. The summed E-state index contributed by atoms with van der Waals surface area (Å²) >= 11 is 0. The quantitative estimate of drug-likeness (QED) is 0.569. The maximum Gasteiger partial charge on any atom is 0.267 e. The summed E-state index contributed by atoms with van der Waals surface area (Å²) in [5.41, 5.74) is 15.9. The molecule has 1 amide bonds. The first-order valence-electron chi connectivity index (χ1n) is 8.40. The van der Waals surface area contributed by atoms with Gasteiger partial charge in [0.2, 0.25) is 0 Å². The highest BCUT2D eigenvalue weighted by Crippen LogP contribution is 2.35. The van der Waals surface area contributed by atoms with Crippen molar-refractivity contribution in [3.8, 4) is 28.5 Å². The van der Waals surface area contributed by atoms with Crippen molar-refractivity contribution in [1.82, 2.24) is 19.6 Å². The van der Waals surface area contributed by atoms with Crippen LogP contribution in [0.15, 0.2) is 48.7 Å². The van der Waals surface area contributed by atoms with E-state index in [2.05, 4.69) is 21.1 Å². The van der Waals surface area contributed by atoms with Crippen LogP contribution in [0.3, 0.4) is 0 Å². The van der Waals surface area contributed by atoms with Crippen LogP contribution < -0.4 is 11.5 Å². The Kier molecular flexibility index (Phi) is 3.98. The van der Waals surface area contributed by atoms with Gasteiger partial charge in [-0.2, -0.15) is 10.4 Å². The predicted molar refractivity (Wildman–Crippen MR) is 104 cm³/mol. The number of amides is 1. The molecular formula is C20H15N7O. The number of carbonyl (C=O) groups excluding carboxylic acids is 1. The van der Waals surface area contributed by atoms with Crippen molar-refractivity contribution in [2.24, 2.45) is 5.73 Å². The van der Waals surface area contributed by atoms with Gasteiger partial charge in [-0.25, -0.2) is 14.5 Å². The van der Waals surface area contributed by atoms with Crippen molar-refractivity contribution in [2.45, 2.75) is 6.92 Å². The Morgan fingerprint density at radius 2 is 1.96 bits per heavy atom. The van der Waals surface area contributed by atoms with Gasteiger partial charge >= 0.3 is 0 Å². The summed E-state index contributed by atoms with van der Waals surface area (Å²) in [5.74, 6) is -0.284. The molecule has 1 aromatic carbocycles. The van der Waals surface area contributed by atoms with Crippen molar-refractivity contribution in [3.05, 3.63) is 65.6 Å². The van der Waals surface area contributed by atoms with Gasteiger partial charge in [0.15, 0.2) is 5.65 Å². The van der Waals surface area contributed by atoms with Gasteiger partial charge in [0, 0.05) is 17.5 Å². The lowest BCUT2D eigenvalue weighted by Crippen LogP contribution is -2.13. The number of nitrogens with zero attached hydrogens (tertiary/aromatic N) is 5. The van der Waals surface area contributed by atoms with Gasteiger partial charge < -0.3 is 11.5 Å². The zero-order chi connectivity index (χ0) is 19.8. The zero-order valence-corrected chi connectivity index (χ0v) is 14.9. The molecule has 0 spiro atoms. The van der Waals surface area contributed by atoms with E-state index in [-0.39, 0.29) is 5.69 Å². The molecule has 4 aromatic rings. The van der Waals surface area contributed by atoms with Crippen molar-refractivity contribution < 1.29 is 4.79 Å². The molecule has 3 heterocycles. The molecule has 3 aromatic heterocycles. The Balaban J connectivity index is 2.08. The molecule has 0 aliphatic heterocycles. The van der Waals surface area contributed by atoms with Crippen molar-refractivity contribution in [3.63, 3.8) is 0 Å². The van der Waals surface area contributed by atoms with Crippen LogP contribution in [0.2, 0.25) is 0 Å². The van der Waals surface area contributed by atoms with Crippen LogP contribution in [-0.2, 0) is 0 Å². The van der Waals surface area contributed by atoms with E-state index in [9.17, 15) is 10.1 Å². The first kappa shape index (κ1) is 17.2. The van der Waals surface area contributed by atoms with E-state index in [0.29, 0.717) is 39.5 Å². The average molecular weight is 369 g/mol. The van der Waals surface area contributed by atoms with Crippen LogP contribution in [0.25, 0.3) is 28.0 Å². The summed E-state index contributed by atoms with van der Waals surface area (Å²) in [6.07, 6.45) is 1.71. The third-order valence-corrected chi connectivity index (χ3v) is 4.27. The lowest BCUT2D eigenvalue weighted by molar-refractivity contribution is 0.0995. The molecule has 4 N–H and O–H groups in total. The Morgan fingerprint density at radius 3 is 2.71 bits per heavy atom. The third kappa shape index (κ3) is 2.91. The number of hydrogen-bond donors (Lipinski definition) is 2. The number of nitrogen functional groups attached to an aromatic ring is 1. The van der Waals surface area contributed by atoms with Crippen LogP contribution in [-0.4, -0.2) is 25.5 Å². The second-order valence-corrected chi connectivity index (χ2v) is 6.28. The number of pyridine rings is 1. The minimum atomic E-state index is -0.623. The third-order valence-electron chi connectivity index (χ3n) is 4.27. The molecule has 0 fully saturated rings. The molecule has 136 valence electrons. The summed E-state index contributed by atoms with van der Waals surface area (Å²) in [6, 6.07) is 14.3. The van der Waals surface area contributed by atoms with Crippen LogP contribution in [0.1, 0.15) is 21.7 Å². The Labute approximate surface area is 160 Å². The molecule has 0 saturated carbocycles. The summed E-state index contributed by atoms with van der Waals surface area (Å²) < 4.78 is 1.61. The van der Waals surface area contributed by atoms with Crippen LogP contribution in [0, 0.1) is 18.3 Å². The first-order valence-corrected chi connectivity index (χ1v) is 8.40. The number of primary amides is 1. The van der Waals surface area contributed by atoms with E-state index in [4.69, 9.17) is 11.5 Å². The summed E-state index contributed by atoms with van der Waals surface area (Å²) in [5, 5.41) is 13.9. The number of rotatable bonds is 3. The molecule has 8 heteroatoms. The molecule has 4 rings (SSSR count). The Hall–Kier alpha value is -4.25. The van der Waals surface area contributed by atoms with Crippen molar-refractivity contribution in [2.75, 3.05) is 5.73 Å². The minimum Gasteiger partial charge on any atom is -0.384 e. The lowest BCUT2D eigenvalue weighted by Gasteiger charge is -2.07. The number of fused-ring (bicyclic) bond motifs is 1. The smallest absolute Gasteiger partial charge is 0.267 e. The summed E-state index contributed by atoms with van der Waals surface area (Å²) in [7, 11) is 0. The van der Waals surface area contributed by atoms with Crippen molar-refractivity contribution >= 4 is 17.4 Å². The molecule has 0 unspecified atom stereocenters. The van der Waals surface area contributed by atoms with E-state index in [1.807, 2.05) is 12.1 Å². The van der Waals surface area contributed by atoms with Gasteiger partial charge in [0.1, 0.15) is 17.2 Å². The number of benzene rings is 1. The zero-order valence-electron chi connectivity index (χ0n) is 14.9. The standard InChI is InChI=1S/C20H15N7O/c1-11-7-14(9-15(24-11)19(23)28)17-18(13-4-2-3-12(8-13)10-21)26-27-6-5-16(22)25-20(17)27/h2-9H,1H3,(H2,22,25)(H2,23,28). The number of nitriles is 1. The van der Waals surface area contributed by atoms with Gasteiger partial charge in [-0.3, -0.25) is 4.79 Å². The number of carbonyl (C=O) groups is 1. The Bertz CT molecular complexity index is 1280. The largest absolute Gasteiger partial charge is 0.384 e. The fourth-order valence-corrected chi connectivity index (χ4v) is 3.09. The minimum absolute atomic E-state index is 0.148. The predicted octanol–water partition coefficient (Wildman–Crippen LogP) is 2.32. The van der Waals surface area contributed by atoms with E-state index in [1.165, 1.54) is 0 Å². The second-order valence-electron chi connectivity index (χ2n) is 6.28. The van der Waals surface area contributed by atoms with Crippen molar-refractivity contribution in [1.29, 1.82) is 5.26 Å². The SMILES string of the molecule is Cc1cc(-c2c(-c3cccc(C#N)c3)nn3ccc(N)nc23)cc(C(N)=O)n1. The van der Waals surface area contributed by atoms with Gasteiger partial charge in [-0.15, -0.1) is 0 Å². The fourth-order valence-electron chi connectivity index (χ4n) is 3.09. The topological polar surface area (TPSA) is 136 Å². The van der Waals surface area contributed by atoms with E-state index in [0.717, 1.165) is 5.56 Å². The van der Waals surface area contributed by atoms with Gasteiger partial charge in [0.25, 0.3) is 5.91 Å². The molecule has 0 bridgehead atoms. The molecule has 0 radical (unpaired) electrons. The number of hydrogen-bond acceptors (Lipinski definition) is 6. The van der Waals surface area contributed by atoms with E-state index < -0.39 is 5.91 Å². The van der Waals surface area contributed by atoms with Crippen LogP contribution in [0.5, 0.6) is 0 Å². The van der Waals surface area contributed by atoms with E-state index >= 15 is 0 Å². The highest BCUT2D eigenvalue weighted by molar-refractivity contribution is 5.96. The molecule has 0 atom stereocenters. The average Bonchev–Trinajstić information content (AvgIpc) is 3.06. The lowest BCUT2D eigenvalue weighted by atomic mass is 9.99. The molecule has 8 nitrogen and oxygen atoms in total. The maximum absolute atomic E-state index is 11.7. The number of aromatic nitrogens is 4. The molecule has 0 aliphatic rings. The monoisotopic (exact) mass is 369 g/mol. The summed E-state index contributed by atoms with van der Waals surface area (Å²) in [4.78, 5) is 20.3. The fraction of sp³-hybridized carbons (Fsp3) is 0.0500. The molecule has 0 saturated heterocycles. The van der Waals surface area contributed by atoms with Gasteiger partial charge in [-0.05, 0) is 42.8 Å². The summed E-state index contributed by atoms with van der Waals surface area (Å²) in [6.45, 7) is 1.78. The molecule has 0 aliphatic carbocycles. The van der Waals surface area contributed by atoms with Gasteiger partial charge in [0.05, 0.1) is 17.2 Å². The van der Waals surface area contributed by atoms with Crippen LogP contribution >= 0.6 is 0 Å². The second kappa shape index (κ2) is 6.48. The highest BCUT2D eigenvalue weighted by atomic mass is 16.1. The normalized spacial score (nSPS) is 10.7. The highest BCUT2D eigenvalue weighted by Gasteiger charge is 2.20. The number of nitrogens with two attached hydrogens (primary N) is 2. The van der Waals surface area contributed by atoms with Crippen LogP contribution in [0.4, 0.5) is 5.82 Å². The molecule has 28 heavy (non-hydrogen) atoms. The first-order chi connectivity index (χ1) is 13.5. The van der Waals surface area contributed by atoms with E-state index in [1.54, 1.807) is 48.0 Å². The maximum atomic E-state index is 11.7. The number of anilines is 1. The number of aryl methyl sites for hydroxylation is 1. The van der Waals surface area contributed by atoms with Gasteiger partial charge in [-0.1, -0.05) is 12.1 Å².